The molecular formula is C22H19BrClN3O3S. The molecule has 160 valence electrons. The van der Waals surface area contributed by atoms with Gasteiger partial charge in [0, 0.05) is 16.8 Å². The third-order valence-electron chi connectivity index (χ3n) is 4.50. The van der Waals surface area contributed by atoms with Crippen molar-refractivity contribution in [2.75, 3.05) is 17.7 Å². The summed E-state index contributed by atoms with van der Waals surface area (Å²) >= 11 is 10.6. The largest absolute Gasteiger partial charge is 0.494 e. The minimum absolute atomic E-state index is 0.0170. The van der Waals surface area contributed by atoms with Gasteiger partial charge in [0.05, 0.1) is 39.7 Å². The number of nitriles is 1. The van der Waals surface area contributed by atoms with E-state index in [1.54, 1.807) is 18.2 Å². The van der Waals surface area contributed by atoms with Crippen LogP contribution in [0.1, 0.15) is 24.8 Å². The maximum Gasteiger partial charge on any atom is 0.234 e. The van der Waals surface area contributed by atoms with Crippen LogP contribution in [0.2, 0.25) is 5.02 Å². The van der Waals surface area contributed by atoms with Crippen LogP contribution in [0.15, 0.2) is 57.5 Å². The normalized spacial score (nSPS) is 15.8. The van der Waals surface area contributed by atoms with E-state index in [1.807, 2.05) is 31.2 Å². The topological polar surface area (TPSA) is 91.2 Å². The first-order valence-corrected chi connectivity index (χ1v) is 11.6. The molecule has 0 radical (unpaired) electrons. The Morgan fingerprint density at radius 2 is 2.10 bits per heavy atom. The zero-order valence-corrected chi connectivity index (χ0v) is 19.7. The number of halogens is 2. The number of ether oxygens (including phenoxy) is 1. The number of benzene rings is 2. The number of hydrogen-bond acceptors (Lipinski definition) is 5. The van der Waals surface area contributed by atoms with Crippen LogP contribution in [0.25, 0.3) is 0 Å². The number of amides is 2. The SMILES string of the molecule is CCOc1ccc([C@H]2CC(=O)NC(SCC(=O)Nc3ccc(Br)cc3Cl)=C2C#N)cc1. The van der Waals surface area contributed by atoms with Crippen LogP contribution >= 0.6 is 39.3 Å². The molecule has 1 aliphatic rings. The van der Waals surface area contributed by atoms with E-state index in [0.29, 0.717) is 27.9 Å². The second-order valence-corrected chi connectivity index (χ2v) is 8.93. The summed E-state index contributed by atoms with van der Waals surface area (Å²) in [5.74, 6) is -0.121. The molecule has 0 fully saturated rings. The Balaban J connectivity index is 1.74. The number of nitrogens with zero attached hydrogens (tertiary/aromatic N) is 1. The summed E-state index contributed by atoms with van der Waals surface area (Å²) in [6.45, 7) is 2.46. The van der Waals surface area contributed by atoms with Gasteiger partial charge in [0.25, 0.3) is 0 Å². The van der Waals surface area contributed by atoms with Gasteiger partial charge < -0.3 is 15.4 Å². The summed E-state index contributed by atoms with van der Waals surface area (Å²) in [5, 5.41) is 16.0. The van der Waals surface area contributed by atoms with E-state index in [0.717, 1.165) is 27.5 Å². The van der Waals surface area contributed by atoms with E-state index in [1.165, 1.54) is 0 Å². The molecule has 0 spiro atoms. The molecule has 0 aliphatic carbocycles. The molecule has 0 bridgehead atoms. The maximum atomic E-state index is 12.4. The highest BCUT2D eigenvalue weighted by Crippen LogP contribution is 2.36. The van der Waals surface area contributed by atoms with E-state index >= 15 is 0 Å². The Morgan fingerprint density at radius 1 is 1.35 bits per heavy atom. The van der Waals surface area contributed by atoms with Crippen molar-refractivity contribution in [3.8, 4) is 11.8 Å². The summed E-state index contributed by atoms with van der Waals surface area (Å²) < 4.78 is 6.26. The zero-order valence-electron chi connectivity index (χ0n) is 16.6. The Hall–Kier alpha value is -2.47. The minimum Gasteiger partial charge on any atom is -0.494 e. The molecule has 1 heterocycles. The molecule has 0 saturated carbocycles. The van der Waals surface area contributed by atoms with Crippen LogP contribution in [0.3, 0.4) is 0 Å². The number of rotatable bonds is 7. The molecule has 2 aromatic carbocycles. The van der Waals surface area contributed by atoms with Gasteiger partial charge in [-0.3, -0.25) is 9.59 Å². The number of carbonyl (C=O) groups excluding carboxylic acids is 2. The Kier molecular flexibility index (Phi) is 8.02. The second-order valence-electron chi connectivity index (χ2n) is 6.62. The third kappa shape index (κ3) is 6.03. The van der Waals surface area contributed by atoms with Crippen LogP contribution in [0.5, 0.6) is 5.75 Å². The van der Waals surface area contributed by atoms with Gasteiger partial charge in [-0.15, -0.1) is 0 Å². The summed E-state index contributed by atoms with van der Waals surface area (Å²) in [7, 11) is 0. The van der Waals surface area contributed by atoms with Gasteiger partial charge in [-0.25, -0.2) is 0 Å². The number of allylic oxidation sites excluding steroid dienone is 1. The van der Waals surface area contributed by atoms with Gasteiger partial charge in [-0.05, 0) is 42.8 Å². The number of hydrogen-bond donors (Lipinski definition) is 2. The van der Waals surface area contributed by atoms with Crippen LogP contribution < -0.4 is 15.4 Å². The highest BCUT2D eigenvalue weighted by Gasteiger charge is 2.30. The molecule has 0 aromatic heterocycles. The first kappa shape index (κ1) is 23.2. The summed E-state index contributed by atoms with van der Waals surface area (Å²) in [6, 6.07) is 14.7. The first-order chi connectivity index (χ1) is 14.9. The van der Waals surface area contributed by atoms with Crippen molar-refractivity contribution in [1.29, 1.82) is 5.26 Å². The van der Waals surface area contributed by atoms with Gasteiger partial charge in [0.15, 0.2) is 0 Å². The monoisotopic (exact) mass is 519 g/mol. The van der Waals surface area contributed by atoms with Gasteiger partial charge in [0.2, 0.25) is 11.8 Å². The molecule has 2 amide bonds. The molecule has 31 heavy (non-hydrogen) atoms. The number of carbonyl (C=O) groups is 2. The average molecular weight is 521 g/mol. The molecule has 0 unspecified atom stereocenters. The maximum absolute atomic E-state index is 12.4. The molecule has 0 saturated heterocycles. The van der Waals surface area contributed by atoms with Crippen LogP contribution in [-0.2, 0) is 9.59 Å². The number of anilines is 1. The van der Waals surface area contributed by atoms with E-state index in [2.05, 4.69) is 32.6 Å². The van der Waals surface area contributed by atoms with Crippen molar-refractivity contribution in [3.05, 3.63) is 68.1 Å². The second kappa shape index (κ2) is 10.7. The molecule has 2 N–H and O–H groups in total. The quantitative estimate of drug-likeness (QED) is 0.523. The predicted molar refractivity (Wildman–Crippen MR) is 126 cm³/mol. The lowest BCUT2D eigenvalue weighted by atomic mass is 9.87. The van der Waals surface area contributed by atoms with Crippen molar-refractivity contribution in [2.24, 2.45) is 0 Å². The summed E-state index contributed by atoms with van der Waals surface area (Å²) in [4.78, 5) is 24.7. The van der Waals surface area contributed by atoms with E-state index in [4.69, 9.17) is 16.3 Å². The van der Waals surface area contributed by atoms with Crippen molar-refractivity contribution in [3.63, 3.8) is 0 Å². The molecule has 3 rings (SSSR count). The third-order valence-corrected chi connectivity index (χ3v) is 6.33. The highest BCUT2D eigenvalue weighted by atomic mass is 79.9. The molecular weight excluding hydrogens is 502 g/mol. The van der Waals surface area contributed by atoms with Crippen LogP contribution in [0, 0.1) is 11.3 Å². The average Bonchev–Trinajstić information content (AvgIpc) is 2.74. The summed E-state index contributed by atoms with van der Waals surface area (Å²) in [5.41, 5.74) is 1.77. The lowest BCUT2D eigenvalue weighted by Gasteiger charge is -2.25. The van der Waals surface area contributed by atoms with Crippen molar-refractivity contribution in [1.82, 2.24) is 5.32 Å². The molecule has 6 nitrogen and oxygen atoms in total. The van der Waals surface area contributed by atoms with E-state index < -0.39 is 0 Å². The molecule has 2 aromatic rings. The fourth-order valence-corrected chi connectivity index (χ4v) is 4.69. The summed E-state index contributed by atoms with van der Waals surface area (Å²) in [6.07, 6.45) is 0.168. The fraction of sp³-hybridized carbons (Fsp3) is 0.227. The first-order valence-electron chi connectivity index (χ1n) is 9.45. The smallest absolute Gasteiger partial charge is 0.234 e. The lowest BCUT2D eigenvalue weighted by molar-refractivity contribution is -0.121. The van der Waals surface area contributed by atoms with Crippen molar-refractivity contribution >= 4 is 56.8 Å². The lowest BCUT2D eigenvalue weighted by Crippen LogP contribution is -2.31. The van der Waals surface area contributed by atoms with Crippen LogP contribution in [0.4, 0.5) is 5.69 Å². The van der Waals surface area contributed by atoms with Crippen molar-refractivity contribution < 1.29 is 14.3 Å². The number of nitrogens with one attached hydrogen (secondary N) is 2. The Labute approximate surface area is 198 Å². The van der Waals surface area contributed by atoms with Gasteiger partial charge in [0.1, 0.15) is 5.75 Å². The minimum atomic E-state index is -0.374. The van der Waals surface area contributed by atoms with E-state index in [-0.39, 0.29) is 29.9 Å². The standard InChI is InChI=1S/C22H19BrClN3O3S/c1-2-30-15-6-3-13(4-7-15)16-10-20(28)27-22(17(16)11-25)31-12-21(29)26-19-8-5-14(23)9-18(19)24/h3-9,16H,2,10,12H2,1H3,(H,26,29)(H,27,28)/t16-/m1/s1. The molecule has 9 heteroatoms. The van der Waals surface area contributed by atoms with Crippen LogP contribution in [-0.4, -0.2) is 24.2 Å². The van der Waals surface area contributed by atoms with Crippen molar-refractivity contribution in [2.45, 2.75) is 19.3 Å². The van der Waals surface area contributed by atoms with Gasteiger partial charge >= 0.3 is 0 Å². The predicted octanol–water partition coefficient (Wildman–Crippen LogP) is 5.21. The fourth-order valence-electron chi connectivity index (χ4n) is 3.10. The molecule has 1 aliphatic heterocycles. The van der Waals surface area contributed by atoms with E-state index in [9.17, 15) is 14.9 Å². The highest BCUT2D eigenvalue weighted by molar-refractivity contribution is 9.10. The van der Waals surface area contributed by atoms with Gasteiger partial charge in [-0.1, -0.05) is 51.4 Å². The zero-order chi connectivity index (χ0) is 22.4. The Bertz CT molecular complexity index is 1070. The number of thioether (sulfide) groups is 1. The Morgan fingerprint density at radius 3 is 2.74 bits per heavy atom. The molecule has 1 atom stereocenters. The van der Waals surface area contributed by atoms with Gasteiger partial charge in [-0.2, -0.15) is 5.26 Å².